The van der Waals surface area contributed by atoms with Gasteiger partial charge < -0.3 is 4.43 Å². The first-order chi connectivity index (χ1) is 2.91. The predicted molar refractivity (Wildman–Crippen MR) is 34.3 cm³/mol. The van der Waals surface area contributed by atoms with Crippen LogP contribution in [0.4, 0.5) is 0 Å². The molecule has 0 aromatic carbocycles. The molecule has 0 heterocycles. The summed E-state index contributed by atoms with van der Waals surface area (Å²) in [4.78, 5) is 0. The quantitative estimate of drug-likeness (QED) is 0.330. The number of rotatable bonds is 3. The fourth-order valence-electron chi connectivity index (χ4n) is 0.199. The van der Waals surface area contributed by atoms with E-state index in [9.17, 15) is 0 Å². The normalized spacial score (nSPS) is 9.50. The molecular weight excluding hydrogens is 160 g/mol. The summed E-state index contributed by atoms with van der Waals surface area (Å²) in [5.74, 6) is 0. The molecule has 1 nitrogen and oxygen atoms in total. The molecule has 0 bridgehead atoms. The minimum atomic E-state index is 0.882. The Bertz CT molecular complexity index is 22.8. The highest BCUT2D eigenvalue weighted by molar-refractivity contribution is 9.09. The van der Waals surface area contributed by atoms with Crippen molar-refractivity contribution in [2.75, 3.05) is 11.9 Å². The molecule has 0 saturated heterocycles. The van der Waals surface area contributed by atoms with Gasteiger partial charge in [-0.05, 0) is 6.42 Å². The van der Waals surface area contributed by atoms with E-state index < -0.39 is 0 Å². The van der Waals surface area contributed by atoms with Crippen molar-refractivity contribution >= 4 is 26.4 Å². The first-order valence-electron chi connectivity index (χ1n) is 1.96. The second-order valence-electron chi connectivity index (χ2n) is 1.04. The SMILES string of the molecule is [SiH3]OCCCBr. The summed E-state index contributed by atoms with van der Waals surface area (Å²) in [7, 11) is 0.882. The predicted octanol–water partition coefficient (Wildman–Crippen LogP) is 0.0684. The van der Waals surface area contributed by atoms with Gasteiger partial charge in [0.05, 0.1) is 0 Å². The van der Waals surface area contributed by atoms with E-state index in [2.05, 4.69) is 15.9 Å². The Labute approximate surface area is 49.7 Å². The van der Waals surface area contributed by atoms with Crippen molar-refractivity contribution in [2.24, 2.45) is 0 Å². The van der Waals surface area contributed by atoms with Crippen molar-refractivity contribution in [3.05, 3.63) is 0 Å². The molecule has 0 aliphatic rings. The Morgan fingerprint density at radius 3 is 2.50 bits per heavy atom. The largest absolute Gasteiger partial charge is 0.428 e. The van der Waals surface area contributed by atoms with Gasteiger partial charge in [0.2, 0.25) is 0 Å². The highest BCUT2D eigenvalue weighted by Gasteiger charge is 1.75. The molecule has 0 aliphatic carbocycles. The van der Waals surface area contributed by atoms with Crippen LogP contribution in [0.25, 0.3) is 0 Å². The van der Waals surface area contributed by atoms with E-state index in [4.69, 9.17) is 4.43 Å². The molecule has 0 radical (unpaired) electrons. The Hall–Kier alpha value is 0.657. The lowest BCUT2D eigenvalue weighted by Gasteiger charge is -1.89. The zero-order valence-corrected chi connectivity index (χ0v) is 7.49. The Morgan fingerprint density at radius 1 is 1.67 bits per heavy atom. The van der Waals surface area contributed by atoms with E-state index >= 15 is 0 Å². The molecule has 0 atom stereocenters. The molecule has 0 amide bonds. The first kappa shape index (κ1) is 6.66. The third-order valence-electron chi connectivity index (χ3n) is 0.482. The zero-order chi connectivity index (χ0) is 4.83. The number of halogens is 1. The summed E-state index contributed by atoms with van der Waals surface area (Å²) in [6.45, 7) is 0.928. The Balaban J connectivity index is 2.34. The van der Waals surface area contributed by atoms with Crippen LogP contribution < -0.4 is 0 Å². The topological polar surface area (TPSA) is 9.23 Å². The molecule has 0 spiro atoms. The zero-order valence-electron chi connectivity index (χ0n) is 3.91. The maximum Gasteiger partial charge on any atom is 0.145 e. The van der Waals surface area contributed by atoms with Crippen LogP contribution in [-0.2, 0) is 4.43 Å². The summed E-state index contributed by atoms with van der Waals surface area (Å²) in [6.07, 6.45) is 1.14. The Kier molecular flexibility index (Phi) is 6.28. The van der Waals surface area contributed by atoms with E-state index in [1.807, 2.05) is 0 Å². The highest BCUT2D eigenvalue weighted by atomic mass is 79.9. The highest BCUT2D eigenvalue weighted by Crippen LogP contribution is 1.84. The van der Waals surface area contributed by atoms with Crippen LogP contribution in [-0.4, -0.2) is 22.4 Å². The molecular formula is C3H9BrOSi. The lowest BCUT2D eigenvalue weighted by atomic mass is 10.5. The van der Waals surface area contributed by atoms with Crippen molar-refractivity contribution in [3.8, 4) is 0 Å². The summed E-state index contributed by atoms with van der Waals surface area (Å²) in [5, 5.41) is 1.06. The van der Waals surface area contributed by atoms with Crippen LogP contribution in [0.2, 0.25) is 0 Å². The lowest BCUT2D eigenvalue weighted by Crippen LogP contribution is -1.88. The van der Waals surface area contributed by atoms with Crippen molar-refractivity contribution in [1.82, 2.24) is 0 Å². The van der Waals surface area contributed by atoms with Crippen LogP contribution >= 0.6 is 15.9 Å². The average molecular weight is 169 g/mol. The molecule has 0 N–H and O–H groups in total. The fraction of sp³-hybridized carbons (Fsp3) is 1.00. The molecule has 3 heteroatoms. The molecule has 38 valence electrons. The second kappa shape index (κ2) is 5.66. The van der Waals surface area contributed by atoms with Crippen LogP contribution in [0, 0.1) is 0 Å². The van der Waals surface area contributed by atoms with Gasteiger partial charge in [0.25, 0.3) is 0 Å². The molecule has 0 aromatic heterocycles. The monoisotopic (exact) mass is 168 g/mol. The smallest absolute Gasteiger partial charge is 0.145 e. The summed E-state index contributed by atoms with van der Waals surface area (Å²) >= 11 is 3.29. The summed E-state index contributed by atoms with van der Waals surface area (Å²) < 4.78 is 4.89. The van der Waals surface area contributed by atoms with Crippen LogP contribution in [0.15, 0.2) is 0 Å². The van der Waals surface area contributed by atoms with Gasteiger partial charge in [-0.2, -0.15) is 0 Å². The van der Waals surface area contributed by atoms with E-state index in [1.54, 1.807) is 0 Å². The van der Waals surface area contributed by atoms with Gasteiger partial charge in [-0.1, -0.05) is 15.9 Å². The van der Waals surface area contributed by atoms with Gasteiger partial charge in [0.15, 0.2) is 0 Å². The molecule has 0 fully saturated rings. The second-order valence-corrected chi connectivity index (χ2v) is 2.41. The van der Waals surface area contributed by atoms with Crippen LogP contribution in [0.5, 0.6) is 0 Å². The van der Waals surface area contributed by atoms with E-state index in [1.165, 1.54) is 0 Å². The summed E-state index contributed by atoms with van der Waals surface area (Å²) in [6, 6.07) is 0. The third-order valence-corrected chi connectivity index (χ3v) is 1.45. The molecule has 0 aliphatic heterocycles. The lowest BCUT2D eigenvalue weighted by molar-refractivity contribution is 0.351. The summed E-state index contributed by atoms with van der Waals surface area (Å²) in [5.41, 5.74) is 0. The molecule has 0 unspecified atom stereocenters. The molecule has 0 rings (SSSR count). The van der Waals surface area contributed by atoms with Gasteiger partial charge in [-0.25, -0.2) is 0 Å². The maximum atomic E-state index is 4.89. The van der Waals surface area contributed by atoms with Gasteiger partial charge in [0, 0.05) is 11.9 Å². The van der Waals surface area contributed by atoms with E-state index in [0.29, 0.717) is 0 Å². The van der Waals surface area contributed by atoms with E-state index in [-0.39, 0.29) is 0 Å². The van der Waals surface area contributed by atoms with Gasteiger partial charge in [-0.3, -0.25) is 0 Å². The number of alkyl halides is 1. The van der Waals surface area contributed by atoms with Crippen molar-refractivity contribution in [1.29, 1.82) is 0 Å². The fourth-order valence-corrected chi connectivity index (χ4v) is 0.716. The van der Waals surface area contributed by atoms with Crippen LogP contribution in [0.3, 0.4) is 0 Å². The van der Waals surface area contributed by atoms with Crippen molar-refractivity contribution in [2.45, 2.75) is 6.42 Å². The van der Waals surface area contributed by atoms with Crippen LogP contribution in [0.1, 0.15) is 6.42 Å². The number of hydrogen-bond donors (Lipinski definition) is 0. The first-order valence-corrected chi connectivity index (χ1v) is 3.90. The third kappa shape index (κ3) is 4.66. The Morgan fingerprint density at radius 2 is 2.33 bits per heavy atom. The van der Waals surface area contributed by atoms with Gasteiger partial charge in [-0.15, -0.1) is 0 Å². The molecule has 0 saturated carbocycles. The minimum absolute atomic E-state index is 0.882. The minimum Gasteiger partial charge on any atom is -0.428 e. The molecule has 6 heavy (non-hydrogen) atoms. The van der Waals surface area contributed by atoms with Crippen molar-refractivity contribution < 1.29 is 4.43 Å². The average Bonchev–Trinajstić information content (AvgIpc) is 1.61. The van der Waals surface area contributed by atoms with Gasteiger partial charge in [0.1, 0.15) is 10.5 Å². The maximum absolute atomic E-state index is 4.89. The molecule has 0 aromatic rings. The van der Waals surface area contributed by atoms with E-state index in [0.717, 1.165) is 28.8 Å². The van der Waals surface area contributed by atoms with Crippen molar-refractivity contribution in [3.63, 3.8) is 0 Å². The standard InChI is InChI=1S/C3H9BrOSi/c4-2-1-3-5-6/h1-3H2,6H3. The van der Waals surface area contributed by atoms with Gasteiger partial charge >= 0.3 is 0 Å². The number of hydrogen-bond acceptors (Lipinski definition) is 1.